The fraction of sp³-hybridized carbons (Fsp3) is 0.222. The Morgan fingerprint density at radius 2 is 2.38 bits per heavy atom. The van der Waals surface area contributed by atoms with Gasteiger partial charge in [-0.2, -0.15) is 0 Å². The van der Waals surface area contributed by atoms with E-state index in [0.717, 1.165) is 16.5 Å². The van der Waals surface area contributed by atoms with E-state index in [4.69, 9.17) is 0 Å². The molecule has 0 amide bonds. The van der Waals surface area contributed by atoms with Crippen LogP contribution < -0.4 is 5.32 Å². The summed E-state index contributed by atoms with van der Waals surface area (Å²) in [6, 6.07) is 4.18. The Morgan fingerprint density at radius 1 is 1.54 bits per heavy atom. The van der Waals surface area contributed by atoms with Crippen LogP contribution in [-0.2, 0) is 6.54 Å². The largest absolute Gasteiger partial charge is 0.316 e. The van der Waals surface area contributed by atoms with Gasteiger partial charge in [-0.05, 0) is 24.7 Å². The highest BCUT2D eigenvalue weighted by Gasteiger charge is 2.04. The number of thiazole rings is 1. The predicted octanol–water partition coefficient (Wildman–Crippen LogP) is 2.78. The zero-order chi connectivity index (χ0) is 9.26. The first-order valence-electron chi connectivity index (χ1n) is 3.97. The van der Waals surface area contributed by atoms with Crippen molar-refractivity contribution in [2.24, 2.45) is 0 Å². The van der Waals surface area contributed by atoms with Crippen molar-refractivity contribution in [3.63, 3.8) is 0 Å². The zero-order valence-electron chi connectivity index (χ0n) is 7.17. The lowest BCUT2D eigenvalue weighted by Crippen LogP contribution is -2.04. The van der Waals surface area contributed by atoms with Crippen LogP contribution in [0.2, 0.25) is 0 Å². The van der Waals surface area contributed by atoms with Crippen molar-refractivity contribution in [1.82, 2.24) is 10.3 Å². The van der Waals surface area contributed by atoms with Crippen LogP contribution in [0.3, 0.4) is 0 Å². The van der Waals surface area contributed by atoms with Gasteiger partial charge in [-0.25, -0.2) is 4.98 Å². The Hall–Kier alpha value is -0.450. The van der Waals surface area contributed by atoms with Gasteiger partial charge < -0.3 is 5.32 Å². The van der Waals surface area contributed by atoms with Gasteiger partial charge in [-0.3, -0.25) is 0 Å². The average molecular weight is 257 g/mol. The smallest absolute Gasteiger partial charge is 0.0826 e. The minimum absolute atomic E-state index is 0.887. The highest BCUT2D eigenvalue weighted by molar-refractivity contribution is 9.10. The Bertz CT molecular complexity index is 424. The van der Waals surface area contributed by atoms with Crippen molar-refractivity contribution in [1.29, 1.82) is 0 Å². The monoisotopic (exact) mass is 256 g/mol. The number of nitrogens with one attached hydrogen (secondary N) is 1. The van der Waals surface area contributed by atoms with Crippen LogP contribution >= 0.6 is 27.3 Å². The molecule has 1 N–H and O–H groups in total. The predicted molar refractivity (Wildman–Crippen MR) is 60.1 cm³/mol. The van der Waals surface area contributed by atoms with E-state index in [1.807, 2.05) is 18.6 Å². The summed E-state index contributed by atoms with van der Waals surface area (Å²) in [7, 11) is 1.95. The van der Waals surface area contributed by atoms with Crippen molar-refractivity contribution in [3.8, 4) is 0 Å². The molecule has 0 saturated heterocycles. The molecule has 2 aromatic rings. The summed E-state index contributed by atoms with van der Waals surface area (Å²) in [5, 5.41) is 3.15. The van der Waals surface area contributed by atoms with Gasteiger partial charge in [0.25, 0.3) is 0 Å². The molecule has 1 aromatic carbocycles. The lowest BCUT2D eigenvalue weighted by Gasteiger charge is -2.01. The van der Waals surface area contributed by atoms with Crippen LogP contribution in [-0.4, -0.2) is 12.0 Å². The fourth-order valence-electron chi connectivity index (χ4n) is 1.32. The van der Waals surface area contributed by atoms with E-state index < -0.39 is 0 Å². The number of benzene rings is 1. The van der Waals surface area contributed by atoms with E-state index in [2.05, 4.69) is 32.3 Å². The third-order valence-electron chi connectivity index (χ3n) is 1.84. The van der Waals surface area contributed by atoms with Crippen LogP contribution in [0.25, 0.3) is 10.2 Å². The van der Waals surface area contributed by atoms with Gasteiger partial charge >= 0.3 is 0 Å². The topological polar surface area (TPSA) is 24.9 Å². The van der Waals surface area contributed by atoms with E-state index in [9.17, 15) is 0 Å². The van der Waals surface area contributed by atoms with Crippen LogP contribution in [0.4, 0.5) is 0 Å². The number of hydrogen-bond acceptors (Lipinski definition) is 3. The van der Waals surface area contributed by atoms with Crippen molar-refractivity contribution in [2.75, 3.05) is 7.05 Å². The Morgan fingerprint density at radius 3 is 3.15 bits per heavy atom. The highest BCUT2D eigenvalue weighted by atomic mass is 79.9. The van der Waals surface area contributed by atoms with E-state index in [0.29, 0.717) is 0 Å². The van der Waals surface area contributed by atoms with Crippen LogP contribution in [0.1, 0.15) is 5.56 Å². The quantitative estimate of drug-likeness (QED) is 0.894. The molecule has 2 rings (SSSR count). The number of fused-ring (bicyclic) bond motifs is 1. The van der Waals surface area contributed by atoms with Crippen molar-refractivity contribution in [2.45, 2.75) is 6.54 Å². The molecule has 0 unspecified atom stereocenters. The average Bonchev–Trinajstić information content (AvgIpc) is 2.52. The van der Waals surface area contributed by atoms with Crippen LogP contribution in [0.5, 0.6) is 0 Å². The SMILES string of the molecule is CNCc1cc(Br)cc2ncsc12. The maximum absolute atomic E-state index is 4.28. The molecule has 13 heavy (non-hydrogen) atoms. The number of aromatic nitrogens is 1. The van der Waals surface area contributed by atoms with Gasteiger partial charge in [0.05, 0.1) is 15.7 Å². The maximum Gasteiger partial charge on any atom is 0.0826 e. The summed E-state index contributed by atoms with van der Waals surface area (Å²) in [6.45, 7) is 0.887. The molecule has 0 aliphatic heterocycles. The summed E-state index contributed by atoms with van der Waals surface area (Å²) < 4.78 is 2.37. The second-order valence-corrected chi connectivity index (χ2v) is 4.57. The number of halogens is 1. The first-order valence-corrected chi connectivity index (χ1v) is 5.65. The number of hydrogen-bond donors (Lipinski definition) is 1. The van der Waals surface area contributed by atoms with Crippen molar-refractivity contribution >= 4 is 37.5 Å². The molecule has 0 radical (unpaired) electrons. The van der Waals surface area contributed by atoms with Gasteiger partial charge in [0, 0.05) is 11.0 Å². The van der Waals surface area contributed by atoms with E-state index >= 15 is 0 Å². The summed E-state index contributed by atoms with van der Waals surface area (Å²) in [5.74, 6) is 0. The lowest BCUT2D eigenvalue weighted by atomic mass is 10.2. The third kappa shape index (κ3) is 1.75. The van der Waals surface area contributed by atoms with Gasteiger partial charge in [-0.1, -0.05) is 15.9 Å². The lowest BCUT2D eigenvalue weighted by molar-refractivity contribution is 0.824. The number of rotatable bonds is 2. The van der Waals surface area contributed by atoms with Gasteiger partial charge in [-0.15, -0.1) is 11.3 Å². The van der Waals surface area contributed by atoms with E-state index in [1.165, 1.54) is 10.3 Å². The van der Waals surface area contributed by atoms with E-state index in [-0.39, 0.29) is 0 Å². The Balaban J connectivity index is 2.63. The first kappa shape index (κ1) is 9.12. The second-order valence-electron chi connectivity index (χ2n) is 2.80. The molecule has 0 fully saturated rings. The van der Waals surface area contributed by atoms with Crippen molar-refractivity contribution < 1.29 is 0 Å². The maximum atomic E-state index is 4.28. The normalized spacial score (nSPS) is 10.9. The Kier molecular flexibility index (Phi) is 2.62. The summed E-state index contributed by atoms with van der Waals surface area (Å²) in [4.78, 5) is 4.28. The summed E-state index contributed by atoms with van der Waals surface area (Å²) >= 11 is 5.17. The molecule has 0 spiro atoms. The minimum Gasteiger partial charge on any atom is -0.316 e. The van der Waals surface area contributed by atoms with Gasteiger partial charge in [0.2, 0.25) is 0 Å². The highest BCUT2D eigenvalue weighted by Crippen LogP contribution is 2.26. The molecule has 0 aliphatic rings. The molecule has 0 saturated carbocycles. The van der Waals surface area contributed by atoms with Crippen molar-refractivity contribution in [3.05, 3.63) is 27.7 Å². The molecular weight excluding hydrogens is 248 g/mol. The summed E-state index contributed by atoms with van der Waals surface area (Å²) in [5.41, 5.74) is 4.26. The molecule has 0 atom stereocenters. The molecule has 68 valence electrons. The zero-order valence-corrected chi connectivity index (χ0v) is 9.58. The molecule has 0 aliphatic carbocycles. The summed E-state index contributed by atoms with van der Waals surface area (Å²) in [6.07, 6.45) is 0. The van der Waals surface area contributed by atoms with Gasteiger partial charge in [0.15, 0.2) is 0 Å². The molecule has 1 heterocycles. The Labute approximate surface area is 89.1 Å². The second kappa shape index (κ2) is 3.74. The fourth-order valence-corrected chi connectivity index (χ4v) is 2.60. The van der Waals surface area contributed by atoms with E-state index in [1.54, 1.807) is 11.3 Å². The van der Waals surface area contributed by atoms with Crippen LogP contribution in [0.15, 0.2) is 22.1 Å². The molecule has 1 aromatic heterocycles. The molecular formula is C9H9BrN2S. The molecule has 0 bridgehead atoms. The first-order chi connectivity index (χ1) is 6.31. The minimum atomic E-state index is 0.887. The molecule has 2 nitrogen and oxygen atoms in total. The van der Waals surface area contributed by atoms with Crippen LogP contribution in [0, 0.1) is 0 Å². The van der Waals surface area contributed by atoms with Gasteiger partial charge in [0.1, 0.15) is 0 Å². The number of nitrogens with zero attached hydrogens (tertiary/aromatic N) is 1. The third-order valence-corrected chi connectivity index (χ3v) is 3.22. The standard InChI is InChI=1S/C9H9BrN2S/c1-11-4-6-2-7(10)3-8-9(6)13-5-12-8/h2-3,5,11H,4H2,1H3. The molecule has 4 heteroatoms.